The largest absolute Gasteiger partial charge is 0.465 e. The van der Waals surface area contributed by atoms with Crippen LogP contribution in [0.25, 0.3) is 0 Å². The van der Waals surface area contributed by atoms with E-state index in [4.69, 9.17) is 24.6 Å². The van der Waals surface area contributed by atoms with Crippen molar-refractivity contribution >= 4 is 5.91 Å². The predicted octanol–water partition coefficient (Wildman–Crippen LogP) is -1.81. The Kier molecular flexibility index (Phi) is 5.08. The number of rotatable bonds is 7. The quantitative estimate of drug-likeness (QED) is 0.455. The molecule has 0 aliphatic carbocycles. The van der Waals surface area contributed by atoms with Crippen molar-refractivity contribution in [1.29, 1.82) is 0 Å². The molecule has 4 N–H and O–H groups in total. The van der Waals surface area contributed by atoms with E-state index < -0.39 is 31.3 Å². The van der Waals surface area contributed by atoms with Crippen molar-refractivity contribution in [2.75, 3.05) is 26.4 Å². The summed E-state index contributed by atoms with van der Waals surface area (Å²) in [6.45, 7) is -0.458. The summed E-state index contributed by atoms with van der Waals surface area (Å²) in [4.78, 5) is 11.5. The minimum Gasteiger partial charge on any atom is -0.465 e. The van der Waals surface area contributed by atoms with Crippen LogP contribution in [0.2, 0.25) is 0 Å². The first-order valence-corrected chi connectivity index (χ1v) is 5.25. The van der Waals surface area contributed by atoms with Gasteiger partial charge in [0.2, 0.25) is 0 Å². The summed E-state index contributed by atoms with van der Waals surface area (Å²) in [5.41, 5.74) is -1.46. The van der Waals surface area contributed by atoms with Crippen LogP contribution in [-0.4, -0.2) is 58.3 Å². The van der Waals surface area contributed by atoms with Crippen molar-refractivity contribution in [2.45, 2.75) is 12.5 Å². The molecule has 102 valence electrons. The molecular weight excluding hydrogens is 244 g/mol. The molecule has 18 heavy (non-hydrogen) atoms. The molecular formula is C10H16N2O6. The molecule has 0 aliphatic rings. The summed E-state index contributed by atoms with van der Waals surface area (Å²) >= 11 is 0. The molecule has 0 radical (unpaired) electrons. The number of amides is 1. The number of carbonyl (C=O) groups excluding carboxylic acids is 1. The molecule has 0 atom stereocenters. The Labute approximate surface area is 103 Å². The zero-order chi connectivity index (χ0) is 13.6. The number of ether oxygens (including phenoxy) is 1. The molecule has 0 unspecified atom stereocenters. The van der Waals surface area contributed by atoms with Gasteiger partial charge in [0, 0.05) is 6.07 Å². The Bertz CT molecular complexity index is 379. The molecule has 1 aromatic rings. The molecule has 1 heterocycles. The van der Waals surface area contributed by atoms with Gasteiger partial charge in [0.25, 0.3) is 11.8 Å². The summed E-state index contributed by atoms with van der Waals surface area (Å²) in [5.74, 6) is 0.0962. The minimum absolute atomic E-state index is 0.158. The van der Waals surface area contributed by atoms with E-state index in [9.17, 15) is 4.79 Å². The van der Waals surface area contributed by atoms with Crippen LogP contribution in [0.1, 0.15) is 5.76 Å². The van der Waals surface area contributed by atoms with E-state index in [1.807, 2.05) is 0 Å². The molecule has 1 rings (SSSR count). The van der Waals surface area contributed by atoms with Crippen LogP contribution in [0.15, 0.2) is 10.6 Å². The second-order valence-electron chi connectivity index (χ2n) is 3.87. The van der Waals surface area contributed by atoms with Gasteiger partial charge >= 0.3 is 0 Å². The molecule has 1 aromatic heterocycles. The maximum absolute atomic E-state index is 11.5. The first-order chi connectivity index (χ1) is 8.55. The van der Waals surface area contributed by atoms with E-state index in [1.54, 1.807) is 6.92 Å². The van der Waals surface area contributed by atoms with E-state index in [0.717, 1.165) is 0 Å². The molecule has 0 saturated carbocycles. The fraction of sp³-hybridized carbons (Fsp3) is 0.600. The first-order valence-electron chi connectivity index (χ1n) is 5.25. The van der Waals surface area contributed by atoms with E-state index in [1.165, 1.54) is 6.07 Å². The van der Waals surface area contributed by atoms with Crippen molar-refractivity contribution in [1.82, 2.24) is 10.5 Å². The lowest BCUT2D eigenvalue weighted by Crippen LogP contribution is -2.58. The van der Waals surface area contributed by atoms with E-state index in [0.29, 0.717) is 5.76 Å². The standard InChI is InChI=1S/C10H16N2O6/c1-7-2-9(12-18-7)17-3-8(16)11-10(4-13,5-14)6-15/h2,13-15H,3-6H2,1H3,(H,11,16). The van der Waals surface area contributed by atoms with Crippen LogP contribution in [0.3, 0.4) is 0 Å². The number of aliphatic hydroxyl groups is 3. The maximum atomic E-state index is 11.5. The number of nitrogens with one attached hydrogen (secondary N) is 1. The van der Waals surface area contributed by atoms with Crippen molar-refractivity contribution in [3.05, 3.63) is 11.8 Å². The lowest BCUT2D eigenvalue weighted by Gasteiger charge is -2.28. The number of nitrogens with zero attached hydrogens (tertiary/aromatic N) is 1. The number of aliphatic hydroxyl groups excluding tert-OH is 3. The Balaban J connectivity index is 2.46. The number of carbonyl (C=O) groups is 1. The number of hydrogen-bond donors (Lipinski definition) is 4. The summed E-state index contributed by atoms with van der Waals surface area (Å²) in [5, 5.41) is 32.8. The lowest BCUT2D eigenvalue weighted by atomic mass is 10.0. The van der Waals surface area contributed by atoms with E-state index >= 15 is 0 Å². The van der Waals surface area contributed by atoms with Gasteiger partial charge in [-0.25, -0.2) is 0 Å². The zero-order valence-electron chi connectivity index (χ0n) is 9.92. The summed E-state index contributed by atoms with van der Waals surface area (Å²) in [7, 11) is 0. The molecule has 0 spiro atoms. The zero-order valence-corrected chi connectivity index (χ0v) is 9.92. The van der Waals surface area contributed by atoms with Crippen LogP contribution in [-0.2, 0) is 4.79 Å². The smallest absolute Gasteiger partial charge is 0.258 e. The number of aromatic nitrogens is 1. The Morgan fingerprint density at radius 3 is 2.50 bits per heavy atom. The molecule has 0 saturated heterocycles. The Hall–Kier alpha value is -1.64. The molecule has 0 aromatic carbocycles. The second kappa shape index (κ2) is 6.34. The van der Waals surface area contributed by atoms with Crippen molar-refractivity contribution in [3.63, 3.8) is 0 Å². The Morgan fingerprint density at radius 2 is 2.06 bits per heavy atom. The third-order valence-corrected chi connectivity index (χ3v) is 2.27. The topological polar surface area (TPSA) is 125 Å². The van der Waals surface area contributed by atoms with Crippen LogP contribution in [0, 0.1) is 6.92 Å². The second-order valence-corrected chi connectivity index (χ2v) is 3.87. The normalized spacial score (nSPS) is 11.3. The Morgan fingerprint density at radius 1 is 1.44 bits per heavy atom. The molecule has 0 bridgehead atoms. The molecule has 0 aliphatic heterocycles. The monoisotopic (exact) mass is 260 g/mol. The minimum atomic E-state index is -1.46. The van der Waals surface area contributed by atoms with Gasteiger partial charge in [-0.05, 0) is 12.1 Å². The van der Waals surface area contributed by atoms with Crippen LogP contribution in [0.5, 0.6) is 5.88 Å². The van der Waals surface area contributed by atoms with Crippen LogP contribution < -0.4 is 10.1 Å². The van der Waals surface area contributed by atoms with Crippen molar-refractivity contribution < 1.29 is 29.4 Å². The number of aryl methyl sites for hydroxylation is 1. The van der Waals surface area contributed by atoms with Gasteiger partial charge in [0.05, 0.1) is 19.8 Å². The highest BCUT2D eigenvalue weighted by molar-refractivity contribution is 5.78. The molecule has 8 heteroatoms. The summed E-state index contributed by atoms with van der Waals surface area (Å²) in [6, 6.07) is 1.50. The fourth-order valence-electron chi connectivity index (χ4n) is 1.15. The van der Waals surface area contributed by atoms with Gasteiger partial charge in [-0.2, -0.15) is 0 Å². The van der Waals surface area contributed by atoms with Gasteiger partial charge in [0.1, 0.15) is 11.3 Å². The fourth-order valence-corrected chi connectivity index (χ4v) is 1.15. The third kappa shape index (κ3) is 3.69. The molecule has 8 nitrogen and oxygen atoms in total. The van der Waals surface area contributed by atoms with Gasteiger partial charge in [0.15, 0.2) is 6.61 Å². The van der Waals surface area contributed by atoms with E-state index in [2.05, 4.69) is 10.5 Å². The summed E-state index contributed by atoms with van der Waals surface area (Å²) in [6.07, 6.45) is 0. The molecule has 0 fully saturated rings. The van der Waals surface area contributed by atoms with Gasteiger partial charge < -0.3 is 29.9 Å². The summed E-state index contributed by atoms with van der Waals surface area (Å²) < 4.78 is 9.74. The van der Waals surface area contributed by atoms with Crippen molar-refractivity contribution in [3.8, 4) is 5.88 Å². The SMILES string of the molecule is Cc1cc(OCC(=O)NC(CO)(CO)CO)no1. The first kappa shape index (κ1) is 14.4. The third-order valence-electron chi connectivity index (χ3n) is 2.27. The highest BCUT2D eigenvalue weighted by Gasteiger charge is 2.30. The van der Waals surface area contributed by atoms with E-state index in [-0.39, 0.29) is 12.5 Å². The highest BCUT2D eigenvalue weighted by atomic mass is 16.5. The molecule has 1 amide bonds. The average molecular weight is 260 g/mol. The predicted molar refractivity (Wildman–Crippen MR) is 58.9 cm³/mol. The van der Waals surface area contributed by atoms with Gasteiger partial charge in [-0.3, -0.25) is 4.79 Å². The highest BCUT2D eigenvalue weighted by Crippen LogP contribution is 2.09. The van der Waals surface area contributed by atoms with Crippen LogP contribution >= 0.6 is 0 Å². The maximum Gasteiger partial charge on any atom is 0.258 e. The van der Waals surface area contributed by atoms with Gasteiger partial charge in [-0.1, -0.05) is 0 Å². The average Bonchev–Trinajstić information content (AvgIpc) is 2.80. The van der Waals surface area contributed by atoms with Gasteiger partial charge in [-0.15, -0.1) is 0 Å². The van der Waals surface area contributed by atoms with Crippen LogP contribution in [0.4, 0.5) is 0 Å². The number of hydrogen-bond acceptors (Lipinski definition) is 7. The lowest BCUT2D eigenvalue weighted by molar-refractivity contribution is -0.127. The van der Waals surface area contributed by atoms with Crippen molar-refractivity contribution in [2.24, 2.45) is 0 Å².